The van der Waals surface area contributed by atoms with Crippen molar-refractivity contribution in [2.45, 2.75) is 39.2 Å². The standard InChI is InChI=1S/C16H21IO2/c1-11-7-12(2)9-15(8-11)19-10-16(18)13-3-5-14(17)6-4-13/h3-6,11-12,15H,7-10H2,1-2H3. The Kier molecular flexibility index (Phi) is 5.39. The number of carbonyl (C=O) groups excluding carboxylic acids is 1. The second kappa shape index (κ2) is 6.84. The van der Waals surface area contributed by atoms with Crippen LogP contribution in [-0.2, 0) is 4.74 Å². The summed E-state index contributed by atoms with van der Waals surface area (Å²) in [6, 6.07) is 7.66. The molecule has 2 unspecified atom stereocenters. The zero-order valence-corrected chi connectivity index (χ0v) is 13.7. The lowest BCUT2D eigenvalue weighted by Crippen LogP contribution is -2.28. The summed E-state index contributed by atoms with van der Waals surface area (Å²) in [5.74, 6) is 1.51. The summed E-state index contributed by atoms with van der Waals surface area (Å²) < 4.78 is 6.96. The third-order valence-electron chi connectivity index (χ3n) is 3.75. The SMILES string of the molecule is CC1CC(C)CC(OCC(=O)c2ccc(I)cc2)C1. The first-order valence-electron chi connectivity index (χ1n) is 6.95. The van der Waals surface area contributed by atoms with Crippen molar-refractivity contribution in [1.29, 1.82) is 0 Å². The van der Waals surface area contributed by atoms with E-state index in [1.165, 1.54) is 6.42 Å². The molecule has 2 nitrogen and oxygen atoms in total. The summed E-state index contributed by atoms with van der Waals surface area (Å²) in [5.41, 5.74) is 0.748. The van der Waals surface area contributed by atoms with Gasteiger partial charge in [-0.2, -0.15) is 0 Å². The largest absolute Gasteiger partial charge is 0.370 e. The van der Waals surface area contributed by atoms with E-state index in [1.807, 2.05) is 24.3 Å². The van der Waals surface area contributed by atoms with Crippen LogP contribution in [0.3, 0.4) is 0 Å². The Morgan fingerprint density at radius 2 is 1.74 bits per heavy atom. The minimum absolute atomic E-state index is 0.0854. The van der Waals surface area contributed by atoms with Crippen LogP contribution >= 0.6 is 22.6 Å². The topological polar surface area (TPSA) is 26.3 Å². The smallest absolute Gasteiger partial charge is 0.188 e. The van der Waals surface area contributed by atoms with E-state index >= 15 is 0 Å². The van der Waals surface area contributed by atoms with Crippen LogP contribution in [0.1, 0.15) is 43.5 Å². The number of hydrogen-bond acceptors (Lipinski definition) is 2. The van der Waals surface area contributed by atoms with Gasteiger partial charge in [-0.05, 0) is 65.8 Å². The molecule has 1 fully saturated rings. The Morgan fingerprint density at radius 1 is 1.16 bits per heavy atom. The van der Waals surface area contributed by atoms with Crippen molar-refractivity contribution in [1.82, 2.24) is 0 Å². The molecule has 0 N–H and O–H groups in total. The van der Waals surface area contributed by atoms with Crippen molar-refractivity contribution in [2.75, 3.05) is 6.61 Å². The van der Waals surface area contributed by atoms with Crippen molar-refractivity contribution < 1.29 is 9.53 Å². The molecule has 2 atom stereocenters. The van der Waals surface area contributed by atoms with Crippen LogP contribution in [0.15, 0.2) is 24.3 Å². The average Bonchev–Trinajstić information content (AvgIpc) is 2.36. The van der Waals surface area contributed by atoms with Crippen LogP contribution in [0.5, 0.6) is 0 Å². The number of ether oxygens (including phenoxy) is 1. The molecule has 1 aliphatic carbocycles. The van der Waals surface area contributed by atoms with Gasteiger partial charge in [0, 0.05) is 9.13 Å². The molecule has 0 spiro atoms. The first-order chi connectivity index (χ1) is 9.04. The van der Waals surface area contributed by atoms with Crippen molar-refractivity contribution in [3.8, 4) is 0 Å². The minimum Gasteiger partial charge on any atom is -0.370 e. The number of rotatable bonds is 4. The highest BCUT2D eigenvalue weighted by Gasteiger charge is 2.25. The molecule has 0 heterocycles. The summed E-state index contributed by atoms with van der Waals surface area (Å²) in [7, 11) is 0. The zero-order chi connectivity index (χ0) is 13.8. The number of benzene rings is 1. The molecule has 0 aliphatic heterocycles. The maximum absolute atomic E-state index is 12.0. The summed E-state index contributed by atoms with van der Waals surface area (Å²) in [5, 5.41) is 0. The normalized spacial score (nSPS) is 27.2. The van der Waals surface area contributed by atoms with Crippen LogP contribution in [0.2, 0.25) is 0 Å². The summed E-state index contributed by atoms with van der Waals surface area (Å²) in [6.07, 6.45) is 3.71. The summed E-state index contributed by atoms with van der Waals surface area (Å²) in [4.78, 5) is 12.0. The van der Waals surface area contributed by atoms with Gasteiger partial charge in [-0.15, -0.1) is 0 Å². The van der Waals surface area contributed by atoms with Gasteiger partial charge in [-0.25, -0.2) is 0 Å². The van der Waals surface area contributed by atoms with Crippen LogP contribution in [0.4, 0.5) is 0 Å². The molecule has 1 aliphatic rings. The van der Waals surface area contributed by atoms with Gasteiger partial charge in [0.05, 0.1) is 6.10 Å². The first-order valence-corrected chi connectivity index (χ1v) is 8.03. The van der Waals surface area contributed by atoms with Gasteiger partial charge in [0.2, 0.25) is 0 Å². The number of hydrogen-bond donors (Lipinski definition) is 0. The average molecular weight is 372 g/mol. The Bertz CT molecular complexity index is 417. The van der Waals surface area contributed by atoms with Gasteiger partial charge in [0.1, 0.15) is 6.61 Å². The fourth-order valence-electron chi connectivity index (χ4n) is 2.92. The Labute approximate surface area is 129 Å². The molecule has 3 heteroatoms. The van der Waals surface area contributed by atoms with E-state index in [0.29, 0.717) is 11.8 Å². The van der Waals surface area contributed by atoms with Gasteiger partial charge in [0.25, 0.3) is 0 Å². The predicted molar refractivity (Wildman–Crippen MR) is 85.4 cm³/mol. The molecular weight excluding hydrogens is 351 g/mol. The molecule has 104 valence electrons. The van der Waals surface area contributed by atoms with Gasteiger partial charge >= 0.3 is 0 Å². The Hall–Kier alpha value is -0.420. The number of ketones is 1. The Balaban J connectivity index is 1.84. The third-order valence-corrected chi connectivity index (χ3v) is 4.47. The van der Waals surface area contributed by atoms with E-state index in [2.05, 4.69) is 36.4 Å². The highest BCUT2D eigenvalue weighted by Crippen LogP contribution is 2.30. The lowest BCUT2D eigenvalue weighted by atomic mass is 9.82. The zero-order valence-electron chi connectivity index (χ0n) is 11.6. The van der Waals surface area contributed by atoms with E-state index in [9.17, 15) is 4.79 Å². The second-order valence-corrected chi connectivity index (χ2v) is 7.03. The molecule has 1 aromatic carbocycles. The van der Waals surface area contributed by atoms with Crippen molar-refractivity contribution >= 4 is 28.4 Å². The first kappa shape index (κ1) is 15.0. The van der Waals surface area contributed by atoms with E-state index in [-0.39, 0.29) is 18.5 Å². The maximum atomic E-state index is 12.0. The van der Waals surface area contributed by atoms with E-state index < -0.39 is 0 Å². The second-order valence-electron chi connectivity index (χ2n) is 5.78. The molecule has 1 saturated carbocycles. The van der Waals surface area contributed by atoms with Gasteiger partial charge in [0.15, 0.2) is 5.78 Å². The van der Waals surface area contributed by atoms with Crippen LogP contribution in [-0.4, -0.2) is 18.5 Å². The van der Waals surface area contributed by atoms with Crippen LogP contribution in [0.25, 0.3) is 0 Å². The van der Waals surface area contributed by atoms with Gasteiger partial charge < -0.3 is 4.74 Å². The summed E-state index contributed by atoms with van der Waals surface area (Å²) >= 11 is 2.24. The molecule has 2 rings (SSSR count). The fourth-order valence-corrected chi connectivity index (χ4v) is 3.28. The van der Waals surface area contributed by atoms with Gasteiger partial charge in [-0.3, -0.25) is 4.79 Å². The maximum Gasteiger partial charge on any atom is 0.188 e. The van der Waals surface area contributed by atoms with E-state index in [4.69, 9.17) is 4.74 Å². The molecule has 0 saturated heterocycles. The molecule has 19 heavy (non-hydrogen) atoms. The fraction of sp³-hybridized carbons (Fsp3) is 0.562. The van der Waals surface area contributed by atoms with E-state index in [1.54, 1.807) is 0 Å². The molecular formula is C16H21IO2. The van der Waals surface area contributed by atoms with Crippen molar-refractivity contribution in [3.05, 3.63) is 33.4 Å². The van der Waals surface area contributed by atoms with Crippen LogP contribution in [0, 0.1) is 15.4 Å². The third kappa shape index (κ3) is 4.56. The molecule has 0 aromatic heterocycles. The number of carbonyl (C=O) groups is 1. The molecule has 0 bridgehead atoms. The number of Topliss-reactive ketones (excluding diaryl/α,β-unsaturated/α-hetero) is 1. The highest BCUT2D eigenvalue weighted by atomic mass is 127. The lowest BCUT2D eigenvalue weighted by molar-refractivity contribution is 0.00562. The Morgan fingerprint density at radius 3 is 2.32 bits per heavy atom. The van der Waals surface area contributed by atoms with E-state index in [0.717, 1.165) is 22.0 Å². The lowest BCUT2D eigenvalue weighted by Gasteiger charge is -2.31. The van der Waals surface area contributed by atoms with Gasteiger partial charge in [-0.1, -0.05) is 26.0 Å². The molecule has 0 amide bonds. The predicted octanol–water partition coefficient (Wildman–Crippen LogP) is 4.32. The van der Waals surface area contributed by atoms with Crippen LogP contribution < -0.4 is 0 Å². The highest BCUT2D eigenvalue weighted by molar-refractivity contribution is 14.1. The monoisotopic (exact) mass is 372 g/mol. The summed E-state index contributed by atoms with van der Waals surface area (Å²) in [6.45, 7) is 4.75. The quantitative estimate of drug-likeness (QED) is 0.582. The number of halogens is 1. The van der Waals surface area contributed by atoms with Crippen molar-refractivity contribution in [3.63, 3.8) is 0 Å². The molecule has 0 radical (unpaired) electrons. The minimum atomic E-state index is 0.0854. The van der Waals surface area contributed by atoms with Crippen molar-refractivity contribution in [2.24, 2.45) is 11.8 Å². The molecule has 1 aromatic rings.